The summed E-state index contributed by atoms with van der Waals surface area (Å²) >= 11 is 0. The number of carbonyl (C=O) groups excluding carboxylic acids is 2. The van der Waals surface area contributed by atoms with Crippen molar-refractivity contribution in [1.29, 1.82) is 0 Å². The Kier molecular flexibility index (Phi) is 7.04. The van der Waals surface area contributed by atoms with Gasteiger partial charge in [0.05, 0.1) is 11.4 Å². The molecule has 2 amide bonds. The number of amides is 2. The van der Waals surface area contributed by atoms with Gasteiger partial charge in [-0.2, -0.15) is 0 Å². The second-order valence-electron chi connectivity index (χ2n) is 5.33. The molecule has 0 saturated heterocycles. The van der Waals surface area contributed by atoms with Gasteiger partial charge in [-0.1, -0.05) is 12.1 Å². The molecule has 0 unspecified atom stereocenters. The van der Waals surface area contributed by atoms with Gasteiger partial charge in [0, 0.05) is 13.8 Å². The quantitative estimate of drug-likeness (QED) is 0.865. The third-order valence-corrected chi connectivity index (χ3v) is 2.87. The standard InChI is InChI=1S/2C9H10FNO/c1-6-3-4-9(8(10)5-6)11-7(2)12;1-6-3-4-8(10)9(5-6)11-7(2)12/h2*3-5H,1-2H3,(H,11,12). The van der Waals surface area contributed by atoms with E-state index in [4.69, 9.17) is 0 Å². The Bertz CT molecular complexity index is 746. The smallest absolute Gasteiger partial charge is 0.221 e. The maximum atomic E-state index is 13.0. The second-order valence-corrected chi connectivity index (χ2v) is 5.33. The van der Waals surface area contributed by atoms with Crippen LogP contribution in [0.2, 0.25) is 0 Å². The molecular formula is C18H20F2N2O2. The first-order valence-electron chi connectivity index (χ1n) is 7.26. The molecule has 24 heavy (non-hydrogen) atoms. The molecule has 0 aliphatic rings. The lowest BCUT2D eigenvalue weighted by Gasteiger charge is -2.03. The average Bonchev–Trinajstić information content (AvgIpc) is 2.46. The van der Waals surface area contributed by atoms with Crippen LogP contribution in [0.4, 0.5) is 20.2 Å². The normalized spacial score (nSPS) is 9.58. The second kappa shape index (κ2) is 8.76. The topological polar surface area (TPSA) is 58.2 Å². The Morgan fingerprint density at radius 1 is 0.750 bits per heavy atom. The van der Waals surface area contributed by atoms with Gasteiger partial charge in [-0.25, -0.2) is 8.78 Å². The molecule has 6 heteroatoms. The van der Waals surface area contributed by atoms with Crippen molar-refractivity contribution in [2.75, 3.05) is 10.6 Å². The van der Waals surface area contributed by atoms with Gasteiger partial charge in [0.1, 0.15) is 11.6 Å². The van der Waals surface area contributed by atoms with Crippen LogP contribution in [0.5, 0.6) is 0 Å². The Morgan fingerprint density at radius 2 is 1.25 bits per heavy atom. The van der Waals surface area contributed by atoms with Gasteiger partial charge in [0.25, 0.3) is 0 Å². The summed E-state index contributed by atoms with van der Waals surface area (Å²) in [4.78, 5) is 21.2. The first kappa shape index (κ1) is 19.3. The van der Waals surface area contributed by atoms with E-state index in [0.29, 0.717) is 0 Å². The highest BCUT2D eigenvalue weighted by molar-refractivity contribution is 5.89. The minimum atomic E-state index is -0.407. The fraction of sp³-hybridized carbons (Fsp3) is 0.222. The summed E-state index contributed by atoms with van der Waals surface area (Å²) in [5, 5.41) is 4.79. The van der Waals surface area contributed by atoms with Crippen LogP contribution in [0.25, 0.3) is 0 Å². The first-order chi connectivity index (χ1) is 11.2. The summed E-state index contributed by atoms with van der Waals surface area (Å²) in [7, 11) is 0. The van der Waals surface area contributed by atoms with Crippen molar-refractivity contribution in [3.05, 3.63) is 59.2 Å². The predicted molar refractivity (Wildman–Crippen MR) is 90.9 cm³/mol. The fourth-order valence-corrected chi connectivity index (χ4v) is 1.84. The highest BCUT2D eigenvalue weighted by atomic mass is 19.1. The van der Waals surface area contributed by atoms with E-state index in [-0.39, 0.29) is 23.2 Å². The molecule has 0 aromatic heterocycles. The van der Waals surface area contributed by atoms with Gasteiger partial charge in [0.2, 0.25) is 11.8 Å². The minimum Gasteiger partial charge on any atom is -0.324 e. The maximum absolute atomic E-state index is 13.0. The van der Waals surface area contributed by atoms with Gasteiger partial charge < -0.3 is 10.6 Å². The molecule has 0 radical (unpaired) electrons. The molecule has 0 saturated carbocycles. The van der Waals surface area contributed by atoms with E-state index < -0.39 is 11.6 Å². The zero-order valence-corrected chi connectivity index (χ0v) is 14.0. The molecule has 4 nitrogen and oxygen atoms in total. The fourth-order valence-electron chi connectivity index (χ4n) is 1.84. The third-order valence-electron chi connectivity index (χ3n) is 2.87. The lowest BCUT2D eigenvalue weighted by atomic mass is 10.2. The molecule has 128 valence electrons. The van der Waals surface area contributed by atoms with Crippen molar-refractivity contribution in [3.63, 3.8) is 0 Å². The molecule has 2 rings (SSSR count). The van der Waals surface area contributed by atoms with E-state index >= 15 is 0 Å². The largest absolute Gasteiger partial charge is 0.324 e. The molecule has 2 aromatic carbocycles. The molecular weight excluding hydrogens is 314 g/mol. The zero-order chi connectivity index (χ0) is 18.3. The van der Waals surface area contributed by atoms with Crippen LogP contribution in [0.3, 0.4) is 0 Å². The predicted octanol–water partition coefficient (Wildman–Crippen LogP) is 4.19. The summed E-state index contributed by atoms with van der Waals surface area (Å²) in [5.41, 5.74) is 2.22. The molecule has 0 heterocycles. The van der Waals surface area contributed by atoms with E-state index in [1.54, 1.807) is 31.2 Å². The van der Waals surface area contributed by atoms with Crippen LogP contribution in [-0.2, 0) is 9.59 Å². The number of hydrogen-bond acceptors (Lipinski definition) is 2. The molecule has 2 aromatic rings. The number of anilines is 2. The summed E-state index contributed by atoms with van der Waals surface area (Å²) in [6.07, 6.45) is 0. The van der Waals surface area contributed by atoms with E-state index in [9.17, 15) is 18.4 Å². The number of benzene rings is 2. The van der Waals surface area contributed by atoms with Crippen molar-refractivity contribution in [3.8, 4) is 0 Å². The zero-order valence-electron chi connectivity index (χ0n) is 14.0. The lowest BCUT2D eigenvalue weighted by Crippen LogP contribution is -2.07. The monoisotopic (exact) mass is 334 g/mol. The maximum Gasteiger partial charge on any atom is 0.221 e. The van der Waals surface area contributed by atoms with Crippen molar-refractivity contribution in [2.45, 2.75) is 27.7 Å². The molecule has 0 spiro atoms. The van der Waals surface area contributed by atoms with Crippen molar-refractivity contribution >= 4 is 23.2 Å². The van der Waals surface area contributed by atoms with Crippen LogP contribution in [-0.4, -0.2) is 11.8 Å². The number of carbonyl (C=O) groups is 2. The minimum absolute atomic E-state index is 0.230. The number of rotatable bonds is 2. The van der Waals surface area contributed by atoms with Gasteiger partial charge in [0.15, 0.2) is 0 Å². The molecule has 0 atom stereocenters. The van der Waals surface area contributed by atoms with Crippen molar-refractivity contribution in [1.82, 2.24) is 0 Å². The summed E-state index contributed by atoms with van der Waals surface area (Å²) in [6, 6.07) is 9.25. The summed E-state index contributed by atoms with van der Waals surface area (Å²) in [5.74, 6) is -1.33. The lowest BCUT2D eigenvalue weighted by molar-refractivity contribution is -0.115. The van der Waals surface area contributed by atoms with Gasteiger partial charge in [-0.15, -0.1) is 0 Å². The van der Waals surface area contributed by atoms with Crippen LogP contribution in [0.15, 0.2) is 36.4 Å². The average molecular weight is 334 g/mol. The van der Waals surface area contributed by atoms with Gasteiger partial charge in [-0.05, 0) is 49.2 Å². The van der Waals surface area contributed by atoms with E-state index in [0.717, 1.165) is 11.1 Å². The van der Waals surface area contributed by atoms with Crippen LogP contribution >= 0.6 is 0 Å². The van der Waals surface area contributed by atoms with Gasteiger partial charge >= 0.3 is 0 Å². The van der Waals surface area contributed by atoms with Crippen molar-refractivity contribution < 1.29 is 18.4 Å². The van der Waals surface area contributed by atoms with Crippen LogP contribution in [0, 0.1) is 25.5 Å². The highest BCUT2D eigenvalue weighted by Gasteiger charge is 2.03. The first-order valence-corrected chi connectivity index (χ1v) is 7.26. The van der Waals surface area contributed by atoms with E-state index in [2.05, 4.69) is 10.6 Å². The number of nitrogens with one attached hydrogen (secondary N) is 2. The van der Waals surface area contributed by atoms with Crippen molar-refractivity contribution in [2.24, 2.45) is 0 Å². The molecule has 0 aliphatic heterocycles. The Morgan fingerprint density at radius 3 is 1.79 bits per heavy atom. The molecule has 0 bridgehead atoms. The summed E-state index contributed by atoms with van der Waals surface area (Å²) in [6.45, 7) is 6.33. The Hall–Kier alpha value is -2.76. The SMILES string of the molecule is CC(=O)Nc1cc(C)ccc1F.CC(=O)Nc1ccc(C)cc1F. The number of halogens is 2. The molecule has 2 N–H and O–H groups in total. The number of hydrogen-bond donors (Lipinski definition) is 2. The van der Waals surface area contributed by atoms with E-state index in [1.165, 1.54) is 26.0 Å². The number of aryl methyl sites for hydroxylation is 2. The highest BCUT2D eigenvalue weighted by Crippen LogP contribution is 2.15. The van der Waals surface area contributed by atoms with Crippen LogP contribution < -0.4 is 10.6 Å². The third kappa shape index (κ3) is 6.56. The molecule has 0 aliphatic carbocycles. The van der Waals surface area contributed by atoms with E-state index in [1.807, 2.05) is 6.92 Å². The Labute approximate surface area is 139 Å². The van der Waals surface area contributed by atoms with Gasteiger partial charge in [-0.3, -0.25) is 9.59 Å². The molecule has 0 fully saturated rings. The Balaban J connectivity index is 0.000000240. The summed E-state index contributed by atoms with van der Waals surface area (Å²) < 4.78 is 25.9. The van der Waals surface area contributed by atoms with Crippen LogP contribution in [0.1, 0.15) is 25.0 Å².